The van der Waals surface area contributed by atoms with Crippen LogP contribution in [-0.2, 0) is 11.4 Å². The summed E-state index contributed by atoms with van der Waals surface area (Å²) in [4.78, 5) is 31.8. The van der Waals surface area contributed by atoms with E-state index in [-0.39, 0.29) is 12.4 Å². The third-order valence-corrected chi connectivity index (χ3v) is 4.97. The summed E-state index contributed by atoms with van der Waals surface area (Å²) in [5.74, 6) is -0.433. The first-order valence-corrected chi connectivity index (χ1v) is 9.90. The van der Waals surface area contributed by atoms with Crippen molar-refractivity contribution >= 4 is 49.4 Å². The molecule has 8 nitrogen and oxygen atoms in total. The van der Waals surface area contributed by atoms with Gasteiger partial charge in [-0.05, 0) is 40.2 Å². The summed E-state index contributed by atoms with van der Waals surface area (Å²) >= 11 is 6.68. The highest BCUT2D eigenvalue weighted by molar-refractivity contribution is 9.10. The van der Waals surface area contributed by atoms with Gasteiger partial charge < -0.3 is 19.5 Å². The molecule has 0 spiro atoms. The van der Waals surface area contributed by atoms with E-state index in [0.29, 0.717) is 22.7 Å². The van der Waals surface area contributed by atoms with Gasteiger partial charge in [-0.25, -0.2) is 4.79 Å². The number of rotatable bonds is 6. The van der Waals surface area contributed by atoms with Crippen molar-refractivity contribution in [2.45, 2.75) is 13.5 Å². The van der Waals surface area contributed by atoms with Crippen LogP contribution in [0.2, 0.25) is 0 Å². The molecule has 1 aromatic heterocycles. The second-order valence-corrected chi connectivity index (χ2v) is 7.80. The van der Waals surface area contributed by atoms with Crippen LogP contribution in [0.1, 0.15) is 21.7 Å². The van der Waals surface area contributed by atoms with Crippen LogP contribution in [0.5, 0.6) is 0 Å². The zero-order valence-electron chi connectivity index (χ0n) is 15.1. The number of aromatic nitrogens is 2. The quantitative estimate of drug-likeness (QED) is 0.199. The Kier molecular flexibility index (Phi) is 6.55. The molecular formula is C19H14Br2N4O4. The molecule has 10 heteroatoms. The predicted molar refractivity (Wildman–Crippen MR) is 114 cm³/mol. The average molecular weight is 522 g/mol. The van der Waals surface area contributed by atoms with Crippen molar-refractivity contribution in [2.75, 3.05) is 0 Å². The molecule has 0 aliphatic carbocycles. The van der Waals surface area contributed by atoms with Gasteiger partial charge in [-0.15, -0.1) is 0 Å². The molecule has 0 saturated heterocycles. The number of carbonyl (C=O) groups excluding carboxylic acids is 1. The zero-order chi connectivity index (χ0) is 21.0. The second kappa shape index (κ2) is 9.10. The standard InChI is InChI=1S/C19H14Br2N4O4/c1-12-22-18(25(27)28)11-24(12)10-17(13-5-7-15(20)8-6-13)23-29-19(26)14-3-2-4-16(21)9-14/h2-9,11H,10H2,1H3/b23-17-. The summed E-state index contributed by atoms with van der Waals surface area (Å²) in [6, 6.07) is 14.0. The van der Waals surface area contributed by atoms with Crippen molar-refractivity contribution in [3.05, 3.63) is 90.7 Å². The SMILES string of the molecule is Cc1nc([N+](=O)[O-])cn1C/C(=N/OC(=O)c1cccc(Br)c1)c1ccc(Br)cc1. The zero-order valence-corrected chi connectivity index (χ0v) is 18.3. The lowest BCUT2D eigenvalue weighted by atomic mass is 10.1. The maximum Gasteiger partial charge on any atom is 0.381 e. The summed E-state index contributed by atoms with van der Waals surface area (Å²) in [6.07, 6.45) is 1.32. The molecule has 0 atom stereocenters. The summed E-state index contributed by atoms with van der Waals surface area (Å²) < 4.78 is 3.19. The summed E-state index contributed by atoms with van der Waals surface area (Å²) in [6.45, 7) is 1.79. The van der Waals surface area contributed by atoms with Gasteiger partial charge in [0, 0.05) is 21.4 Å². The van der Waals surface area contributed by atoms with Crippen molar-refractivity contribution in [3.63, 3.8) is 0 Å². The highest BCUT2D eigenvalue weighted by Crippen LogP contribution is 2.16. The van der Waals surface area contributed by atoms with Gasteiger partial charge in [0.25, 0.3) is 0 Å². The summed E-state index contributed by atoms with van der Waals surface area (Å²) in [5.41, 5.74) is 1.45. The Bertz CT molecular complexity index is 1090. The van der Waals surface area contributed by atoms with E-state index in [0.717, 1.165) is 8.95 Å². The number of halogens is 2. The number of benzene rings is 2. The Labute approximate surface area is 182 Å². The molecule has 0 saturated carbocycles. The Morgan fingerprint density at radius 3 is 2.52 bits per heavy atom. The van der Waals surface area contributed by atoms with Crippen LogP contribution >= 0.6 is 31.9 Å². The van der Waals surface area contributed by atoms with Crippen LogP contribution in [0.4, 0.5) is 5.82 Å². The Hall–Kier alpha value is -2.85. The van der Waals surface area contributed by atoms with Crippen LogP contribution in [-0.4, -0.2) is 26.2 Å². The number of aryl methyl sites for hydroxylation is 1. The molecule has 0 radical (unpaired) electrons. The lowest BCUT2D eigenvalue weighted by Crippen LogP contribution is -2.14. The first kappa shape index (κ1) is 20.9. The number of oxime groups is 1. The molecule has 3 rings (SSSR count). The molecule has 148 valence electrons. The minimum Gasteiger partial charge on any atom is -0.358 e. The van der Waals surface area contributed by atoms with Gasteiger partial charge >= 0.3 is 11.8 Å². The molecule has 0 unspecified atom stereocenters. The summed E-state index contributed by atoms with van der Waals surface area (Å²) in [7, 11) is 0. The fraction of sp³-hybridized carbons (Fsp3) is 0.105. The molecule has 0 aliphatic rings. The van der Waals surface area contributed by atoms with Crippen molar-refractivity contribution in [1.82, 2.24) is 9.55 Å². The van der Waals surface area contributed by atoms with Crippen LogP contribution in [0.15, 0.2) is 68.8 Å². The van der Waals surface area contributed by atoms with Gasteiger partial charge in [0.2, 0.25) is 5.82 Å². The van der Waals surface area contributed by atoms with Gasteiger partial charge in [-0.3, -0.25) is 0 Å². The monoisotopic (exact) mass is 520 g/mol. The maximum absolute atomic E-state index is 12.3. The van der Waals surface area contributed by atoms with Crippen molar-refractivity contribution in [2.24, 2.45) is 5.16 Å². The molecule has 0 fully saturated rings. The Morgan fingerprint density at radius 2 is 1.90 bits per heavy atom. The van der Waals surface area contributed by atoms with Gasteiger partial charge in [0.15, 0.2) is 0 Å². The number of hydrogen-bond acceptors (Lipinski definition) is 6. The van der Waals surface area contributed by atoms with Crippen molar-refractivity contribution in [3.8, 4) is 0 Å². The third kappa shape index (κ3) is 5.36. The van der Waals surface area contributed by atoms with Crippen LogP contribution in [0, 0.1) is 17.0 Å². The normalized spacial score (nSPS) is 11.3. The second-order valence-electron chi connectivity index (χ2n) is 5.97. The number of nitro groups is 1. The minimum absolute atomic E-state index is 0.139. The summed E-state index contributed by atoms with van der Waals surface area (Å²) in [5, 5.41) is 15.0. The molecule has 3 aromatic rings. The van der Waals surface area contributed by atoms with Gasteiger partial charge in [0.05, 0.1) is 12.1 Å². The van der Waals surface area contributed by atoms with E-state index in [9.17, 15) is 14.9 Å². The van der Waals surface area contributed by atoms with E-state index in [4.69, 9.17) is 4.84 Å². The fourth-order valence-corrected chi connectivity index (χ4v) is 3.14. The number of carbonyl (C=O) groups is 1. The Morgan fingerprint density at radius 1 is 1.17 bits per heavy atom. The minimum atomic E-state index is -0.616. The lowest BCUT2D eigenvalue weighted by molar-refractivity contribution is -0.389. The van der Waals surface area contributed by atoms with E-state index in [2.05, 4.69) is 42.0 Å². The van der Waals surface area contributed by atoms with Gasteiger partial charge in [0.1, 0.15) is 11.9 Å². The van der Waals surface area contributed by atoms with E-state index in [1.54, 1.807) is 47.9 Å². The molecule has 1 heterocycles. The first-order chi connectivity index (χ1) is 13.8. The number of nitrogens with zero attached hydrogens (tertiary/aromatic N) is 4. The molecular weight excluding hydrogens is 508 g/mol. The van der Waals surface area contributed by atoms with E-state index < -0.39 is 10.9 Å². The Balaban J connectivity index is 1.90. The topological polar surface area (TPSA) is 99.6 Å². The number of hydrogen-bond donors (Lipinski definition) is 0. The van der Waals surface area contributed by atoms with Gasteiger partial charge in [-0.1, -0.05) is 55.2 Å². The van der Waals surface area contributed by atoms with Crippen LogP contribution < -0.4 is 0 Å². The van der Waals surface area contributed by atoms with E-state index in [1.807, 2.05) is 12.1 Å². The number of imidazole rings is 1. The molecule has 0 bridgehead atoms. The highest BCUT2D eigenvalue weighted by atomic mass is 79.9. The lowest BCUT2D eigenvalue weighted by Gasteiger charge is -2.08. The predicted octanol–water partition coefficient (Wildman–Crippen LogP) is 4.89. The van der Waals surface area contributed by atoms with E-state index >= 15 is 0 Å². The van der Waals surface area contributed by atoms with Crippen LogP contribution in [0.3, 0.4) is 0 Å². The molecule has 0 aliphatic heterocycles. The van der Waals surface area contributed by atoms with E-state index in [1.165, 1.54) is 6.20 Å². The third-order valence-electron chi connectivity index (χ3n) is 3.95. The highest BCUT2D eigenvalue weighted by Gasteiger charge is 2.18. The fourth-order valence-electron chi connectivity index (χ4n) is 2.48. The van der Waals surface area contributed by atoms with Crippen LogP contribution in [0.25, 0.3) is 0 Å². The maximum atomic E-state index is 12.3. The first-order valence-electron chi connectivity index (χ1n) is 8.31. The van der Waals surface area contributed by atoms with Crippen molar-refractivity contribution in [1.29, 1.82) is 0 Å². The molecule has 0 amide bonds. The molecule has 2 aromatic carbocycles. The molecule has 29 heavy (non-hydrogen) atoms. The van der Waals surface area contributed by atoms with Crippen molar-refractivity contribution < 1.29 is 14.6 Å². The largest absolute Gasteiger partial charge is 0.381 e. The van der Waals surface area contributed by atoms with Gasteiger partial charge in [-0.2, -0.15) is 0 Å². The average Bonchev–Trinajstić information content (AvgIpc) is 3.06. The smallest absolute Gasteiger partial charge is 0.358 e. The molecule has 0 N–H and O–H groups in total.